The van der Waals surface area contributed by atoms with E-state index >= 15 is 0 Å². The van der Waals surface area contributed by atoms with Crippen molar-refractivity contribution in [2.75, 3.05) is 18.5 Å². The Kier molecular flexibility index (Phi) is 9.39. The Balaban J connectivity index is 0.00000361. The van der Waals surface area contributed by atoms with E-state index in [9.17, 15) is 9.59 Å². The van der Waals surface area contributed by atoms with Gasteiger partial charge < -0.3 is 24.7 Å². The predicted molar refractivity (Wildman–Crippen MR) is 134 cm³/mol. The van der Waals surface area contributed by atoms with Gasteiger partial charge in [-0.3, -0.25) is 9.53 Å². The molecule has 3 aromatic carbocycles. The summed E-state index contributed by atoms with van der Waals surface area (Å²) in [5.74, 6) is -0.124. The third-order valence-corrected chi connectivity index (χ3v) is 5.93. The number of anilines is 1. The van der Waals surface area contributed by atoms with E-state index in [1.807, 2.05) is 36.4 Å². The molecule has 8 nitrogen and oxygen atoms in total. The van der Waals surface area contributed by atoms with Crippen molar-refractivity contribution in [1.29, 1.82) is 0 Å². The molecule has 0 saturated carbocycles. The van der Waals surface area contributed by atoms with Crippen molar-refractivity contribution in [3.63, 3.8) is 0 Å². The monoisotopic (exact) mass is 497 g/mol. The van der Waals surface area contributed by atoms with E-state index in [0.717, 1.165) is 32.9 Å². The van der Waals surface area contributed by atoms with Gasteiger partial charge in [-0.1, -0.05) is 30.3 Å². The maximum absolute atomic E-state index is 11.6. The van der Waals surface area contributed by atoms with E-state index in [2.05, 4.69) is 49.3 Å². The summed E-state index contributed by atoms with van der Waals surface area (Å²) in [6.45, 7) is 7.34. The first-order chi connectivity index (χ1) is 16.9. The average Bonchev–Trinajstić information content (AvgIpc) is 3.14. The summed E-state index contributed by atoms with van der Waals surface area (Å²) in [5, 5.41) is 12.5. The molecule has 4 aromatic rings. The Morgan fingerprint density at radius 2 is 1.72 bits per heavy atom. The molecule has 2 N–H and O–H groups in total. The number of ether oxygens (including phenoxy) is 1. The van der Waals surface area contributed by atoms with Crippen LogP contribution in [-0.4, -0.2) is 23.1 Å². The van der Waals surface area contributed by atoms with E-state index in [1.54, 1.807) is 0 Å². The summed E-state index contributed by atoms with van der Waals surface area (Å²) < 4.78 is 11.3. The first-order valence-electron chi connectivity index (χ1n) is 11.4. The minimum atomic E-state index is -0.887. The summed E-state index contributed by atoms with van der Waals surface area (Å²) in [4.78, 5) is 25.9. The summed E-state index contributed by atoms with van der Waals surface area (Å²) in [6.07, 6.45) is 0. The van der Waals surface area contributed by atoms with Gasteiger partial charge in [-0.15, -0.1) is 0 Å². The molecule has 182 valence electrons. The van der Waals surface area contributed by atoms with Crippen molar-refractivity contribution in [3.8, 4) is 16.9 Å². The maximum Gasteiger partial charge on any atom is 1.00 e. The van der Waals surface area contributed by atoms with Crippen LogP contribution < -0.4 is 56.0 Å². The van der Waals surface area contributed by atoms with Crippen LogP contribution in [0.25, 0.3) is 11.1 Å². The normalized spacial score (nSPS) is 10.7. The molecule has 0 saturated heterocycles. The minimum absolute atomic E-state index is 0. The van der Waals surface area contributed by atoms with Crippen LogP contribution in [0.15, 0.2) is 68.7 Å². The smallest absolute Gasteiger partial charge is 0.491 e. The molecular formula is C27H28N3NaO5. The molecule has 4 rings (SSSR count). The van der Waals surface area contributed by atoms with Crippen LogP contribution in [0.4, 0.5) is 5.69 Å². The summed E-state index contributed by atoms with van der Waals surface area (Å²) in [7, 11) is 0. The number of nitrogens with zero attached hydrogens (tertiary/aromatic N) is 2. The van der Waals surface area contributed by atoms with Crippen molar-refractivity contribution in [3.05, 3.63) is 103 Å². The van der Waals surface area contributed by atoms with Crippen LogP contribution in [0.1, 0.15) is 27.8 Å². The Bertz CT molecular complexity index is 1410. The van der Waals surface area contributed by atoms with Gasteiger partial charge >= 0.3 is 35.3 Å². The molecule has 0 radical (unpaired) electrons. The number of aliphatic hydroxyl groups excluding tert-OH is 1. The molecule has 1 aromatic heterocycles. The second kappa shape index (κ2) is 12.3. The predicted octanol–water partition coefficient (Wildman–Crippen LogP) is 0.386. The summed E-state index contributed by atoms with van der Waals surface area (Å²) in [5.41, 5.74) is 8.06. The number of nitrogens with one attached hydrogen (secondary N) is 1. The SMILES string of the molecule is Cc1cc(OCCO)cc(C)c1-c1cccc(CNc2ccc(Cn3oc(=O)[n-]c3=O)cc2)c1C.[Na+]. The Labute approximate surface area is 231 Å². The third-order valence-electron chi connectivity index (χ3n) is 5.93. The van der Waals surface area contributed by atoms with E-state index < -0.39 is 11.4 Å². The van der Waals surface area contributed by atoms with Gasteiger partial charge in [-0.2, -0.15) is 0 Å². The third kappa shape index (κ3) is 6.39. The second-order valence-corrected chi connectivity index (χ2v) is 8.43. The number of hydrogen-bond donors (Lipinski definition) is 2. The maximum atomic E-state index is 11.6. The minimum Gasteiger partial charge on any atom is -0.491 e. The number of aliphatic hydroxyl groups is 1. The van der Waals surface area contributed by atoms with Crippen molar-refractivity contribution in [2.24, 2.45) is 0 Å². The van der Waals surface area contributed by atoms with E-state index in [-0.39, 0.29) is 49.3 Å². The molecule has 0 amide bonds. The van der Waals surface area contributed by atoms with Crippen molar-refractivity contribution in [1.82, 2.24) is 9.72 Å². The summed E-state index contributed by atoms with van der Waals surface area (Å²) >= 11 is 0. The second-order valence-electron chi connectivity index (χ2n) is 8.43. The standard InChI is InChI=1S/C27H29N3O5.Na/c1-17-13-23(34-12-11-31)14-18(2)25(17)24-6-4-5-21(19(24)3)15-28-22-9-7-20(8-10-22)16-30-26(32)29-27(33)35-30;/h4-10,13-14,28,31H,11-12,15-16H2,1-3H3,(H,29,32,33);/q;+1/p-1. The van der Waals surface area contributed by atoms with Crippen LogP contribution in [0.5, 0.6) is 5.75 Å². The van der Waals surface area contributed by atoms with Gasteiger partial charge in [0.05, 0.1) is 6.61 Å². The first kappa shape index (κ1) is 27.5. The molecule has 0 spiro atoms. The Morgan fingerprint density at radius 3 is 2.33 bits per heavy atom. The van der Waals surface area contributed by atoms with Gasteiger partial charge in [0.1, 0.15) is 12.4 Å². The molecule has 0 aliphatic rings. The Morgan fingerprint density at radius 1 is 1.03 bits per heavy atom. The number of hydrogen-bond acceptors (Lipinski definition) is 6. The molecule has 0 fully saturated rings. The quantitative estimate of drug-likeness (QED) is 0.322. The number of aromatic nitrogens is 2. The van der Waals surface area contributed by atoms with Crippen molar-refractivity contribution < 1.29 is 43.9 Å². The van der Waals surface area contributed by atoms with Gasteiger partial charge in [0, 0.05) is 18.8 Å². The van der Waals surface area contributed by atoms with Gasteiger partial charge in [0.2, 0.25) is 0 Å². The van der Waals surface area contributed by atoms with Gasteiger partial charge in [-0.25, -0.2) is 4.79 Å². The molecule has 9 heteroatoms. The topological polar surface area (TPSA) is 108 Å². The molecular weight excluding hydrogens is 469 g/mol. The van der Waals surface area contributed by atoms with Crippen LogP contribution in [0.2, 0.25) is 0 Å². The number of rotatable bonds is 9. The summed E-state index contributed by atoms with van der Waals surface area (Å²) in [6, 6.07) is 17.9. The molecule has 0 unspecified atom stereocenters. The van der Waals surface area contributed by atoms with Gasteiger partial charge in [0.15, 0.2) is 5.69 Å². The van der Waals surface area contributed by atoms with Gasteiger partial charge in [-0.05, 0) is 84.0 Å². The van der Waals surface area contributed by atoms with Gasteiger partial charge in [0.25, 0.3) is 0 Å². The Hall–Kier alpha value is -3.04. The molecule has 0 atom stereocenters. The fraction of sp³-hybridized carbons (Fsp3) is 0.259. The zero-order valence-electron chi connectivity index (χ0n) is 21.0. The largest absolute Gasteiger partial charge is 1.00 e. The van der Waals surface area contributed by atoms with Crippen LogP contribution in [0, 0.1) is 20.8 Å². The molecule has 36 heavy (non-hydrogen) atoms. The average molecular weight is 498 g/mol. The van der Waals surface area contributed by atoms with E-state index in [1.165, 1.54) is 22.3 Å². The fourth-order valence-corrected chi connectivity index (χ4v) is 4.22. The van der Waals surface area contributed by atoms with Crippen LogP contribution in [0.3, 0.4) is 0 Å². The zero-order valence-corrected chi connectivity index (χ0v) is 23.0. The molecule has 0 aliphatic carbocycles. The van der Waals surface area contributed by atoms with Crippen molar-refractivity contribution >= 4 is 5.69 Å². The van der Waals surface area contributed by atoms with Crippen LogP contribution >= 0.6 is 0 Å². The fourth-order valence-electron chi connectivity index (χ4n) is 4.22. The molecule has 0 aliphatic heterocycles. The van der Waals surface area contributed by atoms with E-state index in [4.69, 9.17) is 14.4 Å². The molecule has 1 heterocycles. The van der Waals surface area contributed by atoms with E-state index in [0.29, 0.717) is 6.54 Å². The zero-order chi connectivity index (χ0) is 24.9. The van der Waals surface area contributed by atoms with Crippen molar-refractivity contribution in [2.45, 2.75) is 33.9 Å². The molecule has 0 bridgehead atoms. The number of benzene rings is 3. The first-order valence-corrected chi connectivity index (χ1v) is 11.4. The number of aryl methyl sites for hydroxylation is 2. The van der Waals surface area contributed by atoms with Crippen LogP contribution in [-0.2, 0) is 13.1 Å².